The molecular formula is C32H37N3O5. The molecule has 2 unspecified atom stereocenters. The highest BCUT2D eigenvalue weighted by Crippen LogP contribution is 2.42. The highest BCUT2D eigenvalue weighted by Gasteiger charge is 2.36. The first kappa shape index (κ1) is 28.8. The summed E-state index contributed by atoms with van der Waals surface area (Å²) in [5.74, 6) is 2.53. The molecule has 0 fully saturated rings. The number of hydrogen-bond acceptors (Lipinski definition) is 7. The van der Waals surface area contributed by atoms with Crippen molar-refractivity contribution in [3.8, 4) is 29.1 Å². The lowest BCUT2D eigenvalue weighted by Gasteiger charge is -2.37. The lowest BCUT2D eigenvalue weighted by molar-refractivity contribution is -0.127. The Morgan fingerprint density at radius 3 is 2.30 bits per heavy atom. The number of aryl methyl sites for hydroxylation is 1. The molecule has 3 aromatic carbocycles. The van der Waals surface area contributed by atoms with E-state index in [0.717, 1.165) is 29.5 Å². The molecule has 1 N–H and O–H groups in total. The molecule has 1 heterocycles. The first-order chi connectivity index (χ1) is 19.5. The summed E-state index contributed by atoms with van der Waals surface area (Å²) in [6, 6.07) is 21.3. The number of rotatable bonds is 11. The third-order valence-corrected chi connectivity index (χ3v) is 7.38. The van der Waals surface area contributed by atoms with E-state index < -0.39 is 6.04 Å². The Labute approximate surface area is 236 Å². The summed E-state index contributed by atoms with van der Waals surface area (Å²) in [7, 11) is 6.53. The molecule has 1 amide bonds. The zero-order chi connectivity index (χ0) is 28.5. The number of benzene rings is 3. The Kier molecular flexibility index (Phi) is 9.87. The summed E-state index contributed by atoms with van der Waals surface area (Å²) in [6.07, 6.45) is 2.58. The Hall–Kier alpha value is -4.22. The third-order valence-electron chi connectivity index (χ3n) is 7.38. The van der Waals surface area contributed by atoms with Crippen LogP contribution in [0.5, 0.6) is 23.0 Å². The molecule has 40 heavy (non-hydrogen) atoms. The van der Waals surface area contributed by atoms with E-state index in [0.29, 0.717) is 42.5 Å². The molecule has 0 aromatic heterocycles. The molecule has 1 aliphatic rings. The van der Waals surface area contributed by atoms with Gasteiger partial charge in [0, 0.05) is 19.1 Å². The molecule has 3 aromatic rings. The van der Waals surface area contributed by atoms with Crippen LogP contribution in [0.4, 0.5) is 0 Å². The Balaban J connectivity index is 1.86. The minimum absolute atomic E-state index is 0.123. The largest absolute Gasteiger partial charge is 0.493 e. The van der Waals surface area contributed by atoms with Crippen molar-refractivity contribution in [2.24, 2.45) is 0 Å². The predicted molar refractivity (Wildman–Crippen MR) is 153 cm³/mol. The van der Waals surface area contributed by atoms with Crippen LogP contribution in [0.15, 0.2) is 60.7 Å². The molecule has 0 radical (unpaired) electrons. The van der Waals surface area contributed by atoms with Gasteiger partial charge in [0.25, 0.3) is 0 Å². The van der Waals surface area contributed by atoms with Gasteiger partial charge in [-0.25, -0.2) is 0 Å². The smallest absolute Gasteiger partial charge is 0.242 e. The summed E-state index contributed by atoms with van der Waals surface area (Å²) in [4.78, 5) is 16.1. The van der Waals surface area contributed by atoms with Gasteiger partial charge in [0.2, 0.25) is 5.91 Å². The number of ether oxygens (including phenoxy) is 4. The van der Waals surface area contributed by atoms with Gasteiger partial charge in [-0.2, -0.15) is 5.26 Å². The Morgan fingerprint density at radius 2 is 1.62 bits per heavy atom. The van der Waals surface area contributed by atoms with Crippen LogP contribution in [0, 0.1) is 11.3 Å². The van der Waals surface area contributed by atoms with E-state index in [2.05, 4.69) is 22.4 Å². The van der Waals surface area contributed by atoms with E-state index in [9.17, 15) is 4.79 Å². The van der Waals surface area contributed by atoms with E-state index >= 15 is 0 Å². The third kappa shape index (κ3) is 6.32. The van der Waals surface area contributed by atoms with Crippen LogP contribution in [-0.4, -0.2) is 52.3 Å². The van der Waals surface area contributed by atoms with Crippen molar-refractivity contribution < 1.29 is 23.7 Å². The number of carbonyl (C=O) groups excluding carboxylic acids is 1. The summed E-state index contributed by atoms with van der Waals surface area (Å²) in [6.45, 7) is 0.997. The number of hydrogen-bond donors (Lipinski definition) is 1. The molecule has 2 atom stereocenters. The molecule has 210 valence electrons. The highest BCUT2D eigenvalue weighted by atomic mass is 16.5. The van der Waals surface area contributed by atoms with Crippen molar-refractivity contribution >= 4 is 5.91 Å². The minimum atomic E-state index is -0.552. The number of nitrogens with one attached hydrogen (secondary N) is 1. The zero-order valence-corrected chi connectivity index (χ0v) is 23.6. The lowest BCUT2D eigenvalue weighted by Crippen LogP contribution is -2.43. The van der Waals surface area contributed by atoms with Crippen LogP contribution >= 0.6 is 0 Å². The van der Waals surface area contributed by atoms with Crippen LogP contribution in [0.3, 0.4) is 0 Å². The fraction of sp³-hybridized carbons (Fsp3) is 0.375. The molecule has 4 rings (SSSR count). The van der Waals surface area contributed by atoms with Gasteiger partial charge in [0.05, 0.1) is 40.9 Å². The second-order valence-corrected chi connectivity index (χ2v) is 9.67. The maximum absolute atomic E-state index is 13.8. The van der Waals surface area contributed by atoms with Crippen LogP contribution in [0.2, 0.25) is 0 Å². The quantitative estimate of drug-likeness (QED) is 0.339. The first-order valence-electron chi connectivity index (χ1n) is 13.5. The fourth-order valence-electron chi connectivity index (χ4n) is 5.48. The van der Waals surface area contributed by atoms with Crippen LogP contribution in [0.1, 0.15) is 47.2 Å². The van der Waals surface area contributed by atoms with Gasteiger partial charge >= 0.3 is 0 Å². The summed E-state index contributed by atoms with van der Waals surface area (Å²) >= 11 is 0. The zero-order valence-electron chi connectivity index (χ0n) is 23.6. The predicted octanol–water partition coefficient (Wildman–Crippen LogP) is 5.02. The maximum atomic E-state index is 13.8. The highest BCUT2D eigenvalue weighted by molar-refractivity contribution is 5.83. The summed E-state index contributed by atoms with van der Waals surface area (Å²) in [5, 5.41) is 12.1. The average Bonchev–Trinajstić information content (AvgIpc) is 3.15. The van der Waals surface area contributed by atoms with Gasteiger partial charge in [-0.1, -0.05) is 36.4 Å². The van der Waals surface area contributed by atoms with Crippen molar-refractivity contribution in [1.29, 1.82) is 5.26 Å². The number of nitrogens with zero attached hydrogens (tertiary/aromatic N) is 2. The molecular weight excluding hydrogens is 506 g/mol. The standard InChI is InChI=1S/C32H37N3O5/c1-37-27-14-13-22(19-28(27)38-2)18-26-25-21-30(40-4)29(39-3)20-24(25)12-8-17-35(26)31(23-10-6-5-7-11-23)32(36)34-16-9-15-33/h5-7,10-11,13-14,19-21,26,31H,8-9,12,16-18H2,1-4H3,(H,34,36). The van der Waals surface area contributed by atoms with Crippen molar-refractivity contribution in [2.75, 3.05) is 41.5 Å². The van der Waals surface area contributed by atoms with Crippen LogP contribution in [-0.2, 0) is 17.6 Å². The normalized spacial score (nSPS) is 15.6. The van der Waals surface area contributed by atoms with Gasteiger partial charge < -0.3 is 24.3 Å². The number of amides is 1. The van der Waals surface area contributed by atoms with Crippen molar-refractivity contribution in [3.63, 3.8) is 0 Å². The summed E-state index contributed by atoms with van der Waals surface area (Å²) < 4.78 is 22.4. The Morgan fingerprint density at radius 1 is 0.950 bits per heavy atom. The van der Waals surface area contributed by atoms with E-state index in [-0.39, 0.29) is 18.4 Å². The van der Waals surface area contributed by atoms with Gasteiger partial charge in [0.15, 0.2) is 23.0 Å². The molecule has 8 nitrogen and oxygen atoms in total. The van der Waals surface area contributed by atoms with Gasteiger partial charge in [-0.05, 0) is 65.8 Å². The fourth-order valence-corrected chi connectivity index (χ4v) is 5.48. The number of nitriles is 1. The molecule has 0 bridgehead atoms. The number of fused-ring (bicyclic) bond motifs is 1. The second kappa shape index (κ2) is 13.7. The molecule has 8 heteroatoms. The molecule has 0 saturated heterocycles. The summed E-state index contributed by atoms with van der Waals surface area (Å²) in [5.41, 5.74) is 4.21. The number of carbonyl (C=O) groups is 1. The van der Waals surface area contributed by atoms with E-state index in [1.165, 1.54) is 5.56 Å². The molecule has 0 spiro atoms. The Bertz CT molecular complexity index is 1340. The minimum Gasteiger partial charge on any atom is -0.493 e. The monoisotopic (exact) mass is 543 g/mol. The average molecular weight is 544 g/mol. The van der Waals surface area contributed by atoms with Crippen LogP contribution < -0.4 is 24.3 Å². The van der Waals surface area contributed by atoms with Crippen molar-refractivity contribution in [3.05, 3.63) is 82.9 Å². The van der Waals surface area contributed by atoms with Crippen molar-refractivity contribution in [1.82, 2.24) is 10.2 Å². The molecule has 0 aliphatic carbocycles. The van der Waals surface area contributed by atoms with E-state index in [1.54, 1.807) is 28.4 Å². The van der Waals surface area contributed by atoms with E-state index in [4.69, 9.17) is 24.2 Å². The van der Waals surface area contributed by atoms with Gasteiger partial charge in [-0.15, -0.1) is 0 Å². The number of methoxy groups -OCH3 is 4. The maximum Gasteiger partial charge on any atom is 0.242 e. The van der Waals surface area contributed by atoms with Gasteiger partial charge in [0.1, 0.15) is 6.04 Å². The first-order valence-corrected chi connectivity index (χ1v) is 13.5. The van der Waals surface area contributed by atoms with Crippen molar-refractivity contribution in [2.45, 2.75) is 37.8 Å². The SMILES string of the molecule is COc1ccc(CC2c3cc(OC)c(OC)cc3CCCN2C(C(=O)NCCC#N)c2ccccc2)cc1OC. The molecule has 0 saturated carbocycles. The lowest BCUT2D eigenvalue weighted by atomic mass is 9.91. The molecule has 1 aliphatic heterocycles. The van der Waals surface area contributed by atoms with Gasteiger partial charge in [-0.3, -0.25) is 9.69 Å². The second-order valence-electron chi connectivity index (χ2n) is 9.67. The topological polar surface area (TPSA) is 93.0 Å². The van der Waals surface area contributed by atoms with Crippen LogP contribution in [0.25, 0.3) is 0 Å². The van der Waals surface area contributed by atoms with E-state index in [1.807, 2.05) is 54.6 Å².